The molecule has 0 unspecified atom stereocenters. The Morgan fingerprint density at radius 3 is 1.90 bits per heavy atom. The van der Waals surface area contributed by atoms with Crippen molar-refractivity contribution in [1.29, 1.82) is 0 Å². The van der Waals surface area contributed by atoms with Crippen molar-refractivity contribution in [2.75, 3.05) is 0 Å². The van der Waals surface area contributed by atoms with Crippen molar-refractivity contribution in [2.45, 2.75) is 0 Å². The predicted molar refractivity (Wildman–Crippen MR) is 215 cm³/mol. The Bertz CT molecular complexity index is 3390. The Morgan fingerprint density at radius 1 is 0.412 bits per heavy atom. The molecule has 6 heteroatoms. The number of aromatic nitrogens is 3. The molecule has 0 fully saturated rings. The SMILES string of the molecule is [2H]c1cc([2H])c2oc3c([2H])c([2H])c(-c4ccc5sc6ccccc6c5c4)cc3c2c1-c1nc(-c2ccccc2)nc(-c2ccc3c(c2)sc2ccccc23)n1. The molecule has 0 saturated carbocycles. The lowest BCUT2D eigenvalue weighted by atomic mass is 9.99. The highest BCUT2D eigenvalue weighted by Gasteiger charge is 2.19. The van der Waals surface area contributed by atoms with E-state index in [4.69, 9.17) is 23.5 Å². The van der Waals surface area contributed by atoms with Gasteiger partial charge in [0.1, 0.15) is 11.2 Å². The molecule has 11 aromatic rings. The number of hydrogen-bond donors (Lipinski definition) is 0. The standard InChI is InChI=1S/C45H25N3OS2/c1-2-9-26(10-3-1)43-46-44(29-17-20-32-30-11-4-6-15-38(30)51-41(32)25-29)48-45(47-43)33-13-8-14-37-42(33)35-24-27(18-21-36(35)49-37)28-19-22-40-34(23-28)31-12-5-7-16-39(31)50-40/h1-25H/i13D,14D,18D,21D. The lowest BCUT2D eigenvalue weighted by molar-refractivity contribution is 0.669. The second-order valence-electron chi connectivity index (χ2n) is 12.5. The molecule has 7 aromatic carbocycles. The van der Waals surface area contributed by atoms with E-state index in [-0.39, 0.29) is 41.2 Å². The first kappa shape index (κ1) is 24.8. The molecule has 0 aliphatic heterocycles. The fraction of sp³-hybridized carbons (Fsp3) is 0. The quantitative estimate of drug-likeness (QED) is 0.184. The van der Waals surface area contributed by atoms with E-state index in [2.05, 4.69) is 54.6 Å². The van der Waals surface area contributed by atoms with Gasteiger partial charge in [-0.2, -0.15) is 0 Å². The highest BCUT2D eigenvalue weighted by atomic mass is 32.1. The minimum absolute atomic E-state index is 0.00590. The number of rotatable bonds is 4. The topological polar surface area (TPSA) is 51.8 Å². The summed E-state index contributed by atoms with van der Waals surface area (Å²) in [4.78, 5) is 15.0. The van der Waals surface area contributed by atoms with Crippen LogP contribution >= 0.6 is 22.7 Å². The van der Waals surface area contributed by atoms with Crippen molar-refractivity contribution in [3.8, 4) is 45.3 Å². The second-order valence-corrected chi connectivity index (χ2v) is 14.6. The van der Waals surface area contributed by atoms with Crippen LogP contribution < -0.4 is 0 Å². The minimum Gasteiger partial charge on any atom is -0.456 e. The maximum atomic E-state index is 9.28. The van der Waals surface area contributed by atoms with Gasteiger partial charge in [-0.25, -0.2) is 15.0 Å². The summed E-state index contributed by atoms with van der Waals surface area (Å²) in [5.41, 5.74) is 3.71. The average Bonchev–Trinajstić information content (AvgIpc) is 3.91. The Hall–Kier alpha value is -6.21. The number of hydrogen-bond acceptors (Lipinski definition) is 6. The van der Waals surface area contributed by atoms with Crippen LogP contribution in [0.1, 0.15) is 5.48 Å². The summed E-state index contributed by atoms with van der Waals surface area (Å²) in [6, 6.07) is 42.0. The third-order valence-corrected chi connectivity index (χ3v) is 11.7. The monoisotopic (exact) mass is 691 g/mol. The predicted octanol–water partition coefficient (Wildman–Crippen LogP) is 13.2. The zero-order valence-electron chi connectivity index (χ0n) is 30.7. The van der Waals surface area contributed by atoms with Gasteiger partial charge in [0.05, 0.1) is 5.48 Å². The fourth-order valence-electron chi connectivity index (χ4n) is 7.00. The number of furan rings is 1. The third kappa shape index (κ3) is 4.61. The molecule has 238 valence electrons. The number of thiophene rings is 2. The van der Waals surface area contributed by atoms with Crippen LogP contribution in [0.25, 0.3) is 108 Å². The van der Waals surface area contributed by atoms with Gasteiger partial charge < -0.3 is 4.42 Å². The van der Waals surface area contributed by atoms with Crippen LogP contribution in [0.3, 0.4) is 0 Å². The van der Waals surface area contributed by atoms with Crippen LogP contribution in [0.2, 0.25) is 0 Å². The molecule has 0 atom stereocenters. The van der Waals surface area contributed by atoms with E-state index >= 15 is 0 Å². The molecule has 0 amide bonds. The van der Waals surface area contributed by atoms with E-state index in [0.717, 1.165) is 42.2 Å². The Balaban J connectivity index is 1.17. The summed E-state index contributed by atoms with van der Waals surface area (Å²) in [6.07, 6.45) is 0. The maximum absolute atomic E-state index is 9.28. The first-order valence-corrected chi connectivity index (χ1v) is 18.1. The van der Waals surface area contributed by atoms with Gasteiger partial charge in [-0.1, -0.05) is 103 Å². The molecule has 0 radical (unpaired) electrons. The summed E-state index contributed by atoms with van der Waals surface area (Å²) in [5.74, 6) is 1.15. The van der Waals surface area contributed by atoms with Crippen LogP contribution in [0.5, 0.6) is 0 Å². The summed E-state index contributed by atoms with van der Waals surface area (Å²) >= 11 is 3.44. The molecular weight excluding hydrogens is 663 g/mol. The molecule has 11 rings (SSSR count). The maximum Gasteiger partial charge on any atom is 0.164 e. The Labute approximate surface area is 305 Å². The van der Waals surface area contributed by atoms with Gasteiger partial charge in [0.2, 0.25) is 0 Å². The lowest BCUT2D eigenvalue weighted by Crippen LogP contribution is -2.00. The first-order valence-electron chi connectivity index (χ1n) is 18.5. The summed E-state index contributed by atoms with van der Waals surface area (Å²) in [6.45, 7) is 0. The molecule has 51 heavy (non-hydrogen) atoms. The first-order chi connectivity index (χ1) is 26.9. The summed E-state index contributed by atoms with van der Waals surface area (Å²) in [5, 5.41) is 5.57. The Morgan fingerprint density at radius 2 is 1.06 bits per heavy atom. The molecule has 0 bridgehead atoms. The Kier molecular flexibility index (Phi) is 5.43. The van der Waals surface area contributed by atoms with E-state index < -0.39 is 0 Å². The van der Waals surface area contributed by atoms with Crippen LogP contribution in [0, 0.1) is 0 Å². The number of nitrogens with zero attached hydrogens (tertiary/aromatic N) is 3. The molecular formula is C45H25N3OS2. The van der Waals surface area contributed by atoms with E-state index in [9.17, 15) is 1.37 Å². The van der Waals surface area contributed by atoms with Crippen molar-refractivity contribution in [3.05, 3.63) is 152 Å². The number of fused-ring (bicyclic) bond motifs is 9. The molecule has 4 heterocycles. The van der Waals surface area contributed by atoms with Crippen molar-refractivity contribution in [2.24, 2.45) is 0 Å². The summed E-state index contributed by atoms with van der Waals surface area (Å²) in [7, 11) is 0. The third-order valence-electron chi connectivity index (χ3n) is 9.43. The molecule has 0 N–H and O–H groups in total. The fourth-order valence-corrected chi connectivity index (χ4v) is 9.23. The molecule has 4 nitrogen and oxygen atoms in total. The van der Waals surface area contributed by atoms with E-state index in [0.29, 0.717) is 33.5 Å². The molecule has 0 aliphatic rings. The van der Waals surface area contributed by atoms with Crippen molar-refractivity contribution in [3.63, 3.8) is 0 Å². The lowest BCUT2D eigenvalue weighted by Gasteiger charge is -2.09. The van der Waals surface area contributed by atoms with Crippen molar-refractivity contribution < 1.29 is 9.90 Å². The minimum atomic E-state index is -0.0891. The van der Waals surface area contributed by atoms with Gasteiger partial charge in [0.15, 0.2) is 17.5 Å². The zero-order chi connectivity index (χ0) is 36.9. The summed E-state index contributed by atoms with van der Waals surface area (Å²) < 4.78 is 47.4. The smallest absolute Gasteiger partial charge is 0.164 e. The van der Waals surface area contributed by atoms with Crippen molar-refractivity contribution in [1.82, 2.24) is 15.0 Å². The highest BCUT2D eigenvalue weighted by molar-refractivity contribution is 7.26. The van der Waals surface area contributed by atoms with Gasteiger partial charge in [-0.05, 0) is 59.6 Å². The molecule has 4 aromatic heterocycles. The average molecular weight is 692 g/mol. The molecule has 0 aliphatic carbocycles. The van der Waals surface area contributed by atoms with Gasteiger partial charge in [0, 0.05) is 67.8 Å². The van der Waals surface area contributed by atoms with E-state index in [1.807, 2.05) is 66.7 Å². The largest absolute Gasteiger partial charge is 0.456 e. The van der Waals surface area contributed by atoms with Gasteiger partial charge in [0.25, 0.3) is 0 Å². The van der Waals surface area contributed by atoms with Crippen molar-refractivity contribution >= 4 is 85.0 Å². The van der Waals surface area contributed by atoms with Crippen LogP contribution in [-0.4, -0.2) is 15.0 Å². The van der Waals surface area contributed by atoms with Gasteiger partial charge in [-0.15, -0.1) is 22.7 Å². The second kappa shape index (κ2) is 11.2. The van der Waals surface area contributed by atoms with E-state index in [1.54, 1.807) is 22.7 Å². The van der Waals surface area contributed by atoms with Gasteiger partial charge >= 0.3 is 0 Å². The van der Waals surface area contributed by atoms with Crippen LogP contribution in [0.15, 0.2) is 156 Å². The van der Waals surface area contributed by atoms with Gasteiger partial charge in [-0.3, -0.25) is 0 Å². The highest BCUT2D eigenvalue weighted by Crippen LogP contribution is 2.41. The number of benzene rings is 7. The normalized spacial score (nSPS) is 13.0. The zero-order valence-corrected chi connectivity index (χ0v) is 28.3. The van der Waals surface area contributed by atoms with Crippen LogP contribution in [-0.2, 0) is 0 Å². The molecule has 0 saturated heterocycles. The van der Waals surface area contributed by atoms with Crippen LogP contribution in [0.4, 0.5) is 0 Å². The van der Waals surface area contributed by atoms with E-state index in [1.165, 1.54) is 20.9 Å². The molecule has 0 spiro atoms.